The van der Waals surface area contributed by atoms with Gasteiger partial charge >= 0.3 is 0 Å². The molecular formula is C14H29NO. The van der Waals surface area contributed by atoms with E-state index < -0.39 is 0 Å². The molecule has 0 spiro atoms. The third-order valence-corrected chi connectivity index (χ3v) is 3.37. The summed E-state index contributed by atoms with van der Waals surface area (Å²) in [5.74, 6) is 0. The molecule has 0 aromatic rings. The highest BCUT2D eigenvalue weighted by atomic mass is 16.5. The molecule has 0 aromatic carbocycles. The zero-order valence-electron chi connectivity index (χ0n) is 11.6. The largest absolute Gasteiger partial charge is 0.381 e. The summed E-state index contributed by atoms with van der Waals surface area (Å²) in [5.41, 5.74) is 0.818. The molecule has 96 valence electrons. The Morgan fingerprint density at radius 2 is 1.88 bits per heavy atom. The lowest BCUT2D eigenvalue weighted by Gasteiger charge is -2.25. The predicted octanol–water partition coefficient (Wildman–Crippen LogP) is 3.36. The first-order valence-corrected chi connectivity index (χ1v) is 6.80. The summed E-state index contributed by atoms with van der Waals surface area (Å²) in [4.78, 5) is 0. The van der Waals surface area contributed by atoms with Crippen molar-refractivity contribution in [3.05, 3.63) is 0 Å². The monoisotopic (exact) mass is 227 g/mol. The van der Waals surface area contributed by atoms with Gasteiger partial charge in [-0.3, -0.25) is 0 Å². The second-order valence-electron chi connectivity index (χ2n) is 6.32. The van der Waals surface area contributed by atoms with E-state index in [-0.39, 0.29) is 5.54 Å². The second kappa shape index (κ2) is 6.02. The number of hydrogen-bond acceptors (Lipinski definition) is 2. The van der Waals surface area contributed by atoms with Crippen LogP contribution in [0.25, 0.3) is 0 Å². The lowest BCUT2D eigenvalue weighted by Crippen LogP contribution is -2.40. The molecule has 1 aliphatic rings. The molecule has 0 bridgehead atoms. The van der Waals surface area contributed by atoms with Crippen molar-refractivity contribution in [1.29, 1.82) is 0 Å². The van der Waals surface area contributed by atoms with Crippen molar-refractivity contribution in [3.63, 3.8) is 0 Å². The van der Waals surface area contributed by atoms with E-state index in [0.717, 1.165) is 19.8 Å². The maximum absolute atomic E-state index is 5.65. The number of ether oxygens (including phenoxy) is 1. The zero-order valence-corrected chi connectivity index (χ0v) is 11.6. The lowest BCUT2D eigenvalue weighted by molar-refractivity contribution is 0.112. The van der Waals surface area contributed by atoms with Crippen molar-refractivity contribution in [1.82, 2.24) is 5.32 Å². The van der Waals surface area contributed by atoms with Gasteiger partial charge in [-0.05, 0) is 51.9 Å². The van der Waals surface area contributed by atoms with E-state index in [2.05, 4.69) is 33.0 Å². The van der Waals surface area contributed by atoms with Gasteiger partial charge in [-0.1, -0.05) is 13.3 Å². The quantitative estimate of drug-likeness (QED) is 0.642. The van der Waals surface area contributed by atoms with E-state index in [9.17, 15) is 0 Å². The fourth-order valence-corrected chi connectivity index (χ4v) is 1.78. The van der Waals surface area contributed by atoms with Gasteiger partial charge in [-0.2, -0.15) is 0 Å². The smallest absolute Gasteiger partial charge is 0.0471 e. The number of unbranched alkanes of at least 4 members (excludes halogenated alkanes) is 1. The molecule has 0 radical (unpaired) electrons. The van der Waals surface area contributed by atoms with E-state index >= 15 is 0 Å². The third-order valence-electron chi connectivity index (χ3n) is 3.37. The fraction of sp³-hybridized carbons (Fsp3) is 1.00. The van der Waals surface area contributed by atoms with Crippen LogP contribution < -0.4 is 5.32 Å². The predicted molar refractivity (Wildman–Crippen MR) is 69.8 cm³/mol. The van der Waals surface area contributed by atoms with Gasteiger partial charge in [0.15, 0.2) is 0 Å². The summed E-state index contributed by atoms with van der Waals surface area (Å²) in [5, 5.41) is 3.62. The van der Waals surface area contributed by atoms with E-state index in [1.54, 1.807) is 0 Å². The van der Waals surface area contributed by atoms with Crippen LogP contribution in [0.4, 0.5) is 0 Å². The molecule has 1 aliphatic carbocycles. The summed E-state index contributed by atoms with van der Waals surface area (Å²) < 4.78 is 5.65. The summed E-state index contributed by atoms with van der Waals surface area (Å²) in [6, 6.07) is 0. The van der Waals surface area contributed by atoms with Crippen molar-refractivity contribution < 1.29 is 4.74 Å². The molecule has 2 heteroatoms. The van der Waals surface area contributed by atoms with Crippen molar-refractivity contribution in [2.45, 2.75) is 65.3 Å². The molecule has 1 rings (SSSR count). The summed E-state index contributed by atoms with van der Waals surface area (Å²) >= 11 is 0. The van der Waals surface area contributed by atoms with Gasteiger partial charge < -0.3 is 10.1 Å². The Hall–Kier alpha value is -0.0800. The molecule has 0 heterocycles. The lowest BCUT2D eigenvalue weighted by atomic mass is 10.0. The van der Waals surface area contributed by atoms with Crippen LogP contribution in [0.15, 0.2) is 0 Å². The Bertz CT molecular complexity index is 191. The Balaban J connectivity index is 2.06. The highest BCUT2D eigenvalue weighted by molar-refractivity contribution is 4.96. The maximum atomic E-state index is 5.65. The Kier molecular flexibility index (Phi) is 5.26. The summed E-state index contributed by atoms with van der Waals surface area (Å²) in [6.45, 7) is 12.0. The van der Waals surface area contributed by atoms with Crippen molar-refractivity contribution >= 4 is 0 Å². The van der Waals surface area contributed by atoms with Gasteiger partial charge in [0.1, 0.15) is 0 Å². The molecule has 0 saturated heterocycles. The number of rotatable bonds is 8. The van der Waals surface area contributed by atoms with Gasteiger partial charge in [0, 0.05) is 25.3 Å². The van der Waals surface area contributed by atoms with Crippen LogP contribution in [-0.2, 0) is 4.74 Å². The Labute approximate surface area is 101 Å². The average molecular weight is 227 g/mol. The van der Waals surface area contributed by atoms with Crippen molar-refractivity contribution in [2.75, 3.05) is 19.8 Å². The van der Waals surface area contributed by atoms with Crippen LogP contribution in [0.1, 0.15) is 59.8 Å². The minimum absolute atomic E-state index is 0.249. The van der Waals surface area contributed by atoms with Gasteiger partial charge in [0.05, 0.1) is 0 Å². The maximum Gasteiger partial charge on any atom is 0.0471 e. The Morgan fingerprint density at radius 1 is 1.19 bits per heavy atom. The highest BCUT2D eigenvalue weighted by Gasteiger charge is 2.42. The van der Waals surface area contributed by atoms with Gasteiger partial charge in [-0.15, -0.1) is 0 Å². The van der Waals surface area contributed by atoms with Crippen LogP contribution in [0.3, 0.4) is 0 Å². The minimum Gasteiger partial charge on any atom is -0.381 e. The summed E-state index contributed by atoms with van der Waals surface area (Å²) in [6.07, 6.45) is 6.43. The molecule has 0 unspecified atom stereocenters. The van der Waals surface area contributed by atoms with Crippen LogP contribution in [-0.4, -0.2) is 25.3 Å². The Morgan fingerprint density at radius 3 is 2.38 bits per heavy atom. The van der Waals surface area contributed by atoms with E-state index in [1.165, 1.54) is 32.1 Å². The fourth-order valence-electron chi connectivity index (χ4n) is 1.78. The van der Waals surface area contributed by atoms with Gasteiger partial charge in [0.2, 0.25) is 0 Å². The topological polar surface area (TPSA) is 21.3 Å². The average Bonchev–Trinajstić information content (AvgIpc) is 2.95. The molecule has 1 fully saturated rings. The first kappa shape index (κ1) is 14.0. The number of nitrogens with one attached hydrogen (secondary N) is 1. The summed E-state index contributed by atoms with van der Waals surface area (Å²) in [7, 11) is 0. The molecule has 0 aliphatic heterocycles. The molecule has 0 atom stereocenters. The molecule has 16 heavy (non-hydrogen) atoms. The molecular weight excluding hydrogens is 198 g/mol. The molecule has 2 nitrogen and oxygen atoms in total. The second-order valence-corrected chi connectivity index (χ2v) is 6.32. The van der Waals surface area contributed by atoms with Gasteiger partial charge in [0.25, 0.3) is 0 Å². The first-order chi connectivity index (χ1) is 7.47. The SMILES string of the molecule is CCCCOCCC1(CNC(C)(C)C)CC1. The van der Waals surface area contributed by atoms with Crippen LogP contribution in [0.5, 0.6) is 0 Å². The minimum atomic E-state index is 0.249. The molecule has 0 aromatic heterocycles. The number of hydrogen-bond donors (Lipinski definition) is 1. The molecule has 1 N–H and O–H groups in total. The highest BCUT2D eigenvalue weighted by Crippen LogP contribution is 2.48. The van der Waals surface area contributed by atoms with Gasteiger partial charge in [-0.25, -0.2) is 0 Å². The van der Waals surface area contributed by atoms with E-state index in [4.69, 9.17) is 4.74 Å². The zero-order chi connectivity index (χ0) is 12.1. The van der Waals surface area contributed by atoms with Crippen LogP contribution >= 0.6 is 0 Å². The first-order valence-electron chi connectivity index (χ1n) is 6.80. The van der Waals surface area contributed by atoms with Crippen molar-refractivity contribution in [3.8, 4) is 0 Å². The van der Waals surface area contributed by atoms with Crippen molar-refractivity contribution in [2.24, 2.45) is 5.41 Å². The van der Waals surface area contributed by atoms with Crippen LogP contribution in [0.2, 0.25) is 0 Å². The third kappa shape index (κ3) is 5.86. The molecule has 0 amide bonds. The normalized spacial score (nSPS) is 18.8. The van der Waals surface area contributed by atoms with Crippen LogP contribution in [0, 0.1) is 5.41 Å². The molecule has 1 saturated carbocycles. The standard InChI is InChI=1S/C14H29NO/c1-5-6-10-16-11-9-14(7-8-14)12-15-13(2,3)4/h15H,5-12H2,1-4H3. The van der Waals surface area contributed by atoms with E-state index in [1.807, 2.05) is 0 Å². The van der Waals surface area contributed by atoms with E-state index in [0.29, 0.717) is 5.41 Å².